The summed E-state index contributed by atoms with van der Waals surface area (Å²) in [6.45, 7) is 11.1. The first-order chi connectivity index (χ1) is 10.7. The van der Waals surface area contributed by atoms with Crippen LogP contribution in [0.2, 0.25) is 0 Å². The molecule has 0 saturated heterocycles. The SMILES string of the molecule is CCOCC1CN(Cc2cc(C)on2)Cc2cn(CC)nc21. The van der Waals surface area contributed by atoms with E-state index in [0.717, 1.165) is 50.8 Å². The molecule has 0 aromatic carbocycles. The van der Waals surface area contributed by atoms with Crippen molar-refractivity contribution in [1.82, 2.24) is 19.8 Å². The van der Waals surface area contributed by atoms with Gasteiger partial charge in [-0.2, -0.15) is 5.10 Å². The molecule has 1 aliphatic rings. The highest BCUT2D eigenvalue weighted by Gasteiger charge is 2.29. The summed E-state index contributed by atoms with van der Waals surface area (Å²) in [5.74, 6) is 1.18. The van der Waals surface area contributed by atoms with E-state index in [1.807, 2.05) is 24.6 Å². The fourth-order valence-corrected chi connectivity index (χ4v) is 3.04. The van der Waals surface area contributed by atoms with Gasteiger partial charge in [-0.25, -0.2) is 0 Å². The summed E-state index contributed by atoms with van der Waals surface area (Å²) in [7, 11) is 0. The minimum atomic E-state index is 0.324. The molecule has 0 amide bonds. The number of aromatic nitrogens is 3. The molecule has 0 N–H and O–H groups in total. The monoisotopic (exact) mass is 304 g/mol. The van der Waals surface area contributed by atoms with E-state index in [2.05, 4.69) is 23.2 Å². The second-order valence-corrected chi connectivity index (χ2v) is 5.85. The zero-order valence-corrected chi connectivity index (χ0v) is 13.6. The van der Waals surface area contributed by atoms with Crippen molar-refractivity contribution in [3.05, 3.63) is 35.0 Å². The molecule has 120 valence electrons. The Hall–Kier alpha value is -1.66. The average molecular weight is 304 g/mol. The first-order valence-corrected chi connectivity index (χ1v) is 7.98. The Bertz CT molecular complexity index is 619. The molecule has 1 aliphatic heterocycles. The van der Waals surface area contributed by atoms with Crippen molar-refractivity contribution in [2.45, 2.75) is 46.3 Å². The van der Waals surface area contributed by atoms with Gasteiger partial charge >= 0.3 is 0 Å². The molecule has 2 aromatic rings. The van der Waals surface area contributed by atoms with E-state index >= 15 is 0 Å². The normalized spacial score (nSPS) is 18.6. The molecule has 0 bridgehead atoms. The summed E-state index contributed by atoms with van der Waals surface area (Å²) < 4.78 is 12.9. The molecule has 0 aliphatic carbocycles. The minimum Gasteiger partial charge on any atom is -0.381 e. The largest absolute Gasteiger partial charge is 0.381 e. The van der Waals surface area contributed by atoms with Crippen LogP contribution in [0.4, 0.5) is 0 Å². The number of nitrogens with zero attached hydrogens (tertiary/aromatic N) is 4. The molecule has 0 spiro atoms. The fraction of sp³-hybridized carbons (Fsp3) is 0.625. The quantitative estimate of drug-likeness (QED) is 0.820. The van der Waals surface area contributed by atoms with Crippen molar-refractivity contribution in [2.75, 3.05) is 19.8 Å². The third-order valence-corrected chi connectivity index (χ3v) is 4.04. The molecule has 1 atom stereocenters. The topological polar surface area (TPSA) is 56.3 Å². The fourth-order valence-electron chi connectivity index (χ4n) is 3.04. The molecular formula is C16H24N4O2. The molecule has 6 heteroatoms. The van der Waals surface area contributed by atoms with E-state index in [1.54, 1.807) is 0 Å². The standard InChI is InChI=1S/C16H24N4O2/c1-4-20-9-13-7-19(10-15-6-12(3)22-18-15)8-14(11-21-5-2)16(13)17-20/h6,9,14H,4-5,7-8,10-11H2,1-3H3. The predicted molar refractivity (Wildman–Crippen MR) is 82.5 cm³/mol. The van der Waals surface area contributed by atoms with E-state index in [0.29, 0.717) is 5.92 Å². The smallest absolute Gasteiger partial charge is 0.133 e. The minimum absolute atomic E-state index is 0.324. The third-order valence-electron chi connectivity index (χ3n) is 4.04. The molecule has 22 heavy (non-hydrogen) atoms. The van der Waals surface area contributed by atoms with Crippen LogP contribution in [0, 0.1) is 6.92 Å². The van der Waals surface area contributed by atoms with Crippen LogP contribution >= 0.6 is 0 Å². The number of rotatable bonds is 6. The zero-order valence-electron chi connectivity index (χ0n) is 13.6. The molecule has 3 heterocycles. The highest BCUT2D eigenvalue weighted by molar-refractivity contribution is 5.25. The van der Waals surface area contributed by atoms with Gasteiger partial charge in [0, 0.05) is 56.5 Å². The van der Waals surface area contributed by atoms with Gasteiger partial charge in [0.2, 0.25) is 0 Å². The molecule has 2 aromatic heterocycles. The van der Waals surface area contributed by atoms with Crippen LogP contribution in [0.1, 0.15) is 42.5 Å². The Morgan fingerprint density at radius 3 is 2.95 bits per heavy atom. The molecule has 1 unspecified atom stereocenters. The van der Waals surface area contributed by atoms with Gasteiger partial charge in [-0.15, -0.1) is 0 Å². The Labute approximate surface area is 131 Å². The van der Waals surface area contributed by atoms with Crippen molar-refractivity contribution < 1.29 is 9.26 Å². The van der Waals surface area contributed by atoms with Gasteiger partial charge in [0.1, 0.15) is 5.76 Å². The van der Waals surface area contributed by atoms with Gasteiger partial charge in [0.05, 0.1) is 18.0 Å². The summed E-state index contributed by atoms with van der Waals surface area (Å²) in [6.07, 6.45) is 2.16. The third kappa shape index (κ3) is 3.23. The second kappa shape index (κ2) is 6.62. The Morgan fingerprint density at radius 2 is 2.27 bits per heavy atom. The number of aryl methyl sites for hydroxylation is 2. The lowest BCUT2D eigenvalue weighted by Crippen LogP contribution is -2.35. The van der Waals surface area contributed by atoms with Gasteiger partial charge < -0.3 is 9.26 Å². The Kier molecular flexibility index (Phi) is 4.59. The molecule has 0 radical (unpaired) electrons. The van der Waals surface area contributed by atoms with Crippen LogP contribution < -0.4 is 0 Å². The van der Waals surface area contributed by atoms with Gasteiger partial charge in [-0.05, 0) is 20.8 Å². The van der Waals surface area contributed by atoms with Crippen molar-refractivity contribution in [1.29, 1.82) is 0 Å². The lowest BCUT2D eigenvalue weighted by atomic mass is 9.97. The van der Waals surface area contributed by atoms with Crippen LogP contribution in [0.25, 0.3) is 0 Å². The van der Waals surface area contributed by atoms with Crippen LogP contribution in [0.5, 0.6) is 0 Å². The summed E-state index contributed by atoms with van der Waals surface area (Å²) in [6, 6.07) is 2.00. The van der Waals surface area contributed by atoms with E-state index in [9.17, 15) is 0 Å². The first-order valence-electron chi connectivity index (χ1n) is 7.98. The average Bonchev–Trinajstić information content (AvgIpc) is 3.10. The molecule has 6 nitrogen and oxygen atoms in total. The van der Waals surface area contributed by atoms with Gasteiger partial charge in [-0.3, -0.25) is 9.58 Å². The highest BCUT2D eigenvalue weighted by atomic mass is 16.5. The predicted octanol–water partition coefficient (Wildman–Crippen LogP) is 2.34. The maximum atomic E-state index is 5.67. The second-order valence-electron chi connectivity index (χ2n) is 5.85. The van der Waals surface area contributed by atoms with Crippen LogP contribution in [-0.4, -0.2) is 39.6 Å². The van der Waals surface area contributed by atoms with Crippen molar-refractivity contribution >= 4 is 0 Å². The molecule has 3 rings (SSSR count). The number of hydrogen-bond donors (Lipinski definition) is 0. The molecular weight excluding hydrogens is 280 g/mol. The Morgan fingerprint density at radius 1 is 1.41 bits per heavy atom. The summed E-state index contributed by atoms with van der Waals surface area (Å²) >= 11 is 0. The maximum Gasteiger partial charge on any atom is 0.133 e. The van der Waals surface area contributed by atoms with Crippen LogP contribution in [0.15, 0.2) is 16.8 Å². The summed E-state index contributed by atoms with van der Waals surface area (Å²) in [5, 5.41) is 8.83. The van der Waals surface area contributed by atoms with Crippen molar-refractivity contribution in [3.63, 3.8) is 0 Å². The van der Waals surface area contributed by atoms with Crippen LogP contribution in [-0.2, 0) is 24.4 Å². The van der Waals surface area contributed by atoms with Gasteiger partial charge in [-0.1, -0.05) is 5.16 Å². The Balaban J connectivity index is 1.77. The van der Waals surface area contributed by atoms with Crippen molar-refractivity contribution in [3.8, 4) is 0 Å². The summed E-state index contributed by atoms with van der Waals surface area (Å²) in [5.41, 5.74) is 3.49. The van der Waals surface area contributed by atoms with Crippen LogP contribution in [0.3, 0.4) is 0 Å². The molecule has 0 fully saturated rings. The van der Waals surface area contributed by atoms with Crippen molar-refractivity contribution in [2.24, 2.45) is 0 Å². The number of hydrogen-bond acceptors (Lipinski definition) is 5. The van der Waals surface area contributed by atoms with E-state index in [-0.39, 0.29) is 0 Å². The lowest BCUT2D eigenvalue weighted by molar-refractivity contribution is 0.103. The van der Waals surface area contributed by atoms with Gasteiger partial charge in [0.25, 0.3) is 0 Å². The number of fused-ring (bicyclic) bond motifs is 1. The van der Waals surface area contributed by atoms with E-state index in [4.69, 9.17) is 14.4 Å². The highest BCUT2D eigenvalue weighted by Crippen LogP contribution is 2.28. The van der Waals surface area contributed by atoms with E-state index in [1.165, 1.54) is 11.3 Å². The number of ether oxygens (including phenoxy) is 1. The van der Waals surface area contributed by atoms with Gasteiger partial charge in [0.15, 0.2) is 0 Å². The lowest BCUT2D eigenvalue weighted by Gasteiger charge is -2.31. The van der Waals surface area contributed by atoms with E-state index < -0.39 is 0 Å². The zero-order chi connectivity index (χ0) is 15.5. The maximum absolute atomic E-state index is 5.67. The summed E-state index contributed by atoms with van der Waals surface area (Å²) in [4.78, 5) is 2.39. The molecule has 0 saturated carbocycles. The first kappa shape index (κ1) is 15.2.